The number of hydrogen-bond donors (Lipinski definition) is 1. The van der Waals surface area contributed by atoms with E-state index in [1.165, 1.54) is 38.8 Å². The normalized spacial score (nSPS) is 30.9. The van der Waals surface area contributed by atoms with Crippen molar-refractivity contribution in [1.82, 2.24) is 10.2 Å². The minimum Gasteiger partial charge on any atom is -0.377 e. The minimum absolute atomic E-state index is 0.411. The van der Waals surface area contributed by atoms with Crippen LogP contribution in [-0.4, -0.2) is 48.8 Å². The minimum atomic E-state index is 0.411. The fraction of sp³-hybridized carbons (Fsp3) is 1.00. The summed E-state index contributed by atoms with van der Waals surface area (Å²) in [6.07, 6.45) is 5.60. The molecule has 2 rings (SSSR count). The van der Waals surface area contributed by atoms with Crippen LogP contribution in [0.1, 0.15) is 46.5 Å². The largest absolute Gasteiger partial charge is 0.377 e. The van der Waals surface area contributed by atoms with E-state index >= 15 is 0 Å². The van der Waals surface area contributed by atoms with E-state index in [0.29, 0.717) is 17.7 Å². The highest BCUT2D eigenvalue weighted by Crippen LogP contribution is 2.27. The summed E-state index contributed by atoms with van der Waals surface area (Å²) in [5.74, 6) is 0. The molecular formula is C14H28N2O. The third-order valence-electron chi connectivity index (χ3n) is 4.44. The second kappa shape index (κ2) is 5.68. The van der Waals surface area contributed by atoms with E-state index in [2.05, 4.69) is 31.0 Å². The second-order valence-electron chi connectivity index (χ2n) is 6.20. The van der Waals surface area contributed by atoms with E-state index in [4.69, 9.17) is 4.74 Å². The highest BCUT2D eigenvalue weighted by atomic mass is 16.5. The zero-order chi connectivity index (χ0) is 12.3. The van der Waals surface area contributed by atoms with Crippen molar-refractivity contribution >= 4 is 0 Å². The van der Waals surface area contributed by atoms with Crippen molar-refractivity contribution in [3.8, 4) is 0 Å². The van der Waals surface area contributed by atoms with Crippen molar-refractivity contribution < 1.29 is 4.74 Å². The Morgan fingerprint density at radius 3 is 2.82 bits per heavy atom. The number of nitrogens with one attached hydrogen (secondary N) is 1. The molecule has 2 aliphatic rings. The molecule has 2 saturated heterocycles. The van der Waals surface area contributed by atoms with Crippen LogP contribution < -0.4 is 5.32 Å². The van der Waals surface area contributed by atoms with Crippen LogP contribution in [0.3, 0.4) is 0 Å². The molecular weight excluding hydrogens is 212 g/mol. The lowest BCUT2D eigenvalue weighted by Crippen LogP contribution is -2.45. The molecule has 0 aromatic carbocycles. The first-order valence-corrected chi connectivity index (χ1v) is 7.20. The molecule has 2 unspecified atom stereocenters. The number of ether oxygens (including phenoxy) is 1. The molecule has 3 heteroatoms. The van der Waals surface area contributed by atoms with Crippen molar-refractivity contribution in [2.24, 2.45) is 0 Å². The van der Waals surface area contributed by atoms with Gasteiger partial charge in [0.25, 0.3) is 0 Å². The Morgan fingerprint density at radius 2 is 2.24 bits per heavy atom. The van der Waals surface area contributed by atoms with Crippen molar-refractivity contribution in [2.45, 2.75) is 64.1 Å². The Morgan fingerprint density at radius 1 is 1.41 bits per heavy atom. The molecule has 2 fully saturated rings. The molecule has 0 saturated carbocycles. The van der Waals surface area contributed by atoms with Gasteiger partial charge in [0, 0.05) is 31.3 Å². The molecule has 100 valence electrons. The highest BCUT2D eigenvalue weighted by molar-refractivity contribution is 4.88. The summed E-state index contributed by atoms with van der Waals surface area (Å²) in [4.78, 5) is 2.61. The van der Waals surface area contributed by atoms with Gasteiger partial charge in [0.1, 0.15) is 0 Å². The number of hydrogen-bond acceptors (Lipinski definition) is 3. The number of rotatable bonds is 5. The number of nitrogens with zero attached hydrogens (tertiary/aromatic N) is 1. The summed E-state index contributed by atoms with van der Waals surface area (Å²) >= 11 is 0. The Kier molecular flexibility index (Phi) is 4.45. The first kappa shape index (κ1) is 13.3. The Hall–Kier alpha value is -0.120. The lowest BCUT2D eigenvalue weighted by molar-refractivity contribution is 0.0812. The van der Waals surface area contributed by atoms with Crippen molar-refractivity contribution in [1.29, 1.82) is 0 Å². The maximum Gasteiger partial charge on any atom is 0.0726 e. The molecule has 2 atom stereocenters. The highest BCUT2D eigenvalue weighted by Gasteiger charge is 2.31. The predicted molar refractivity (Wildman–Crippen MR) is 71.3 cm³/mol. The zero-order valence-corrected chi connectivity index (χ0v) is 11.7. The lowest BCUT2D eigenvalue weighted by Gasteiger charge is -2.32. The third kappa shape index (κ3) is 3.43. The Balaban J connectivity index is 1.65. The quantitative estimate of drug-likeness (QED) is 0.795. The van der Waals surface area contributed by atoms with E-state index in [0.717, 1.165) is 13.2 Å². The smallest absolute Gasteiger partial charge is 0.0726 e. The predicted octanol–water partition coefficient (Wildman–Crippen LogP) is 2.02. The maximum atomic E-state index is 5.70. The van der Waals surface area contributed by atoms with E-state index < -0.39 is 0 Å². The topological polar surface area (TPSA) is 24.5 Å². The standard InChI is InChI=1S/C14H28N2O/c1-12(13-6-4-11-17-13)15-8-10-16-9-5-7-14(16,2)3/h12-13,15H,4-11H2,1-3H3. The molecule has 2 heterocycles. The zero-order valence-electron chi connectivity index (χ0n) is 11.7. The fourth-order valence-electron chi connectivity index (χ4n) is 3.13. The first-order chi connectivity index (χ1) is 8.09. The van der Waals surface area contributed by atoms with Gasteiger partial charge >= 0.3 is 0 Å². The van der Waals surface area contributed by atoms with Crippen LogP contribution in [0.15, 0.2) is 0 Å². The van der Waals surface area contributed by atoms with Gasteiger partial charge in [-0.25, -0.2) is 0 Å². The van der Waals surface area contributed by atoms with Crippen LogP contribution >= 0.6 is 0 Å². The van der Waals surface area contributed by atoms with Gasteiger partial charge in [-0.1, -0.05) is 0 Å². The Labute approximate surface area is 106 Å². The maximum absolute atomic E-state index is 5.70. The summed E-state index contributed by atoms with van der Waals surface area (Å²) in [6.45, 7) is 11.5. The van der Waals surface area contributed by atoms with Gasteiger partial charge in [-0.15, -0.1) is 0 Å². The molecule has 0 amide bonds. The third-order valence-corrected chi connectivity index (χ3v) is 4.44. The average molecular weight is 240 g/mol. The van der Waals surface area contributed by atoms with Gasteiger partial charge in [-0.05, 0) is 53.0 Å². The molecule has 2 aliphatic heterocycles. The molecule has 0 aliphatic carbocycles. The van der Waals surface area contributed by atoms with Crippen LogP contribution in [0.2, 0.25) is 0 Å². The molecule has 0 aromatic rings. The molecule has 0 aromatic heterocycles. The lowest BCUT2D eigenvalue weighted by atomic mass is 10.0. The fourth-order valence-corrected chi connectivity index (χ4v) is 3.13. The van der Waals surface area contributed by atoms with Crippen molar-refractivity contribution in [3.63, 3.8) is 0 Å². The summed E-state index contributed by atoms with van der Waals surface area (Å²) < 4.78 is 5.70. The van der Waals surface area contributed by atoms with Gasteiger partial charge in [0.05, 0.1) is 6.10 Å². The first-order valence-electron chi connectivity index (χ1n) is 7.20. The van der Waals surface area contributed by atoms with E-state index in [1.807, 2.05) is 0 Å². The van der Waals surface area contributed by atoms with E-state index in [-0.39, 0.29) is 0 Å². The van der Waals surface area contributed by atoms with Crippen LogP contribution in [0, 0.1) is 0 Å². The molecule has 0 spiro atoms. The Bertz CT molecular complexity index is 236. The summed E-state index contributed by atoms with van der Waals surface area (Å²) in [5, 5.41) is 3.62. The molecule has 3 nitrogen and oxygen atoms in total. The van der Waals surface area contributed by atoms with Crippen molar-refractivity contribution in [2.75, 3.05) is 26.2 Å². The van der Waals surface area contributed by atoms with Gasteiger partial charge < -0.3 is 10.1 Å². The van der Waals surface area contributed by atoms with Crippen LogP contribution in [0.4, 0.5) is 0 Å². The van der Waals surface area contributed by atoms with E-state index in [1.54, 1.807) is 0 Å². The molecule has 17 heavy (non-hydrogen) atoms. The molecule has 1 N–H and O–H groups in total. The summed E-state index contributed by atoms with van der Waals surface area (Å²) in [5.41, 5.74) is 0.411. The van der Waals surface area contributed by atoms with Crippen LogP contribution in [0.25, 0.3) is 0 Å². The van der Waals surface area contributed by atoms with E-state index in [9.17, 15) is 0 Å². The van der Waals surface area contributed by atoms with Gasteiger partial charge in [-0.3, -0.25) is 4.90 Å². The summed E-state index contributed by atoms with van der Waals surface area (Å²) in [6, 6.07) is 0.503. The van der Waals surface area contributed by atoms with Crippen LogP contribution in [-0.2, 0) is 4.74 Å². The SMILES string of the molecule is CC(NCCN1CCCC1(C)C)C1CCCO1. The van der Waals surface area contributed by atoms with Gasteiger partial charge in [0.15, 0.2) is 0 Å². The monoisotopic (exact) mass is 240 g/mol. The molecule has 0 radical (unpaired) electrons. The second-order valence-corrected chi connectivity index (χ2v) is 6.20. The molecule has 0 bridgehead atoms. The van der Waals surface area contributed by atoms with Gasteiger partial charge in [0.2, 0.25) is 0 Å². The summed E-state index contributed by atoms with van der Waals surface area (Å²) in [7, 11) is 0. The average Bonchev–Trinajstić information content (AvgIpc) is 2.88. The van der Waals surface area contributed by atoms with Crippen LogP contribution in [0.5, 0.6) is 0 Å². The number of likely N-dealkylation sites (tertiary alicyclic amines) is 1. The van der Waals surface area contributed by atoms with Crippen molar-refractivity contribution in [3.05, 3.63) is 0 Å². The van der Waals surface area contributed by atoms with Gasteiger partial charge in [-0.2, -0.15) is 0 Å².